The molecule has 19 heavy (non-hydrogen) atoms. The standard InChI is InChI=1S/C12H15N4O3/c1-14-11(18)16(2)12(19)15-9(10(13)17)8-6-4-3-5-7-8/h3-7,9,13H,1-2H3,(H,14,18)(H,15,19). The predicted octanol–water partition coefficient (Wildman–Crippen LogP) is 0.518. The van der Waals surface area contributed by atoms with E-state index in [1.54, 1.807) is 30.3 Å². The maximum Gasteiger partial charge on any atom is 0.326 e. The molecule has 0 fully saturated rings. The van der Waals surface area contributed by atoms with Gasteiger partial charge in [0.15, 0.2) is 0 Å². The van der Waals surface area contributed by atoms with E-state index in [9.17, 15) is 14.4 Å². The van der Waals surface area contributed by atoms with Crippen LogP contribution in [0.15, 0.2) is 30.3 Å². The average molecular weight is 263 g/mol. The van der Waals surface area contributed by atoms with Gasteiger partial charge in [-0.3, -0.25) is 10.5 Å². The zero-order chi connectivity index (χ0) is 14.4. The van der Waals surface area contributed by atoms with Crippen LogP contribution >= 0.6 is 0 Å². The van der Waals surface area contributed by atoms with E-state index < -0.39 is 24.0 Å². The van der Waals surface area contributed by atoms with Gasteiger partial charge in [0.2, 0.25) is 0 Å². The summed E-state index contributed by atoms with van der Waals surface area (Å²) < 4.78 is 0. The first kappa shape index (κ1) is 14.5. The van der Waals surface area contributed by atoms with Crippen LogP contribution in [0.25, 0.3) is 0 Å². The Kier molecular flexibility index (Phi) is 4.87. The van der Waals surface area contributed by atoms with E-state index in [-0.39, 0.29) is 0 Å². The normalized spacial score (nSPS) is 11.3. The Morgan fingerprint density at radius 3 is 2.21 bits per heavy atom. The minimum Gasteiger partial charge on any atom is -0.341 e. The highest BCUT2D eigenvalue weighted by molar-refractivity contribution is 5.95. The minimum atomic E-state index is -1.10. The molecule has 0 saturated carbocycles. The maximum atomic E-state index is 11.7. The number of carbonyl (C=O) groups is 3. The third-order valence-electron chi connectivity index (χ3n) is 2.49. The SMILES string of the molecule is CNC(=O)N(C)C(=O)NC(C([NH])=O)c1ccccc1. The summed E-state index contributed by atoms with van der Waals surface area (Å²) in [6, 6.07) is 5.93. The molecule has 0 heterocycles. The van der Waals surface area contributed by atoms with Crippen molar-refractivity contribution >= 4 is 18.0 Å². The Balaban J connectivity index is 2.84. The van der Waals surface area contributed by atoms with Crippen LogP contribution in [-0.4, -0.2) is 37.0 Å². The van der Waals surface area contributed by atoms with E-state index >= 15 is 0 Å². The van der Waals surface area contributed by atoms with Gasteiger partial charge < -0.3 is 10.6 Å². The van der Waals surface area contributed by atoms with Crippen molar-refractivity contribution < 1.29 is 14.4 Å². The molecular formula is C12H15N4O3. The lowest BCUT2D eigenvalue weighted by atomic mass is 10.1. The minimum absolute atomic E-state index is 0.487. The zero-order valence-electron chi connectivity index (χ0n) is 10.6. The molecule has 0 spiro atoms. The molecule has 0 aliphatic rings. The van der Waals surface area contributed by atoms with E-state index in [1.807, 2.05) is 0 Å². The van der Waals surface area contributed by atoms with Crippen molar-refractivity contribution in [2.24, 2.45) is 0 Å². The van der Waals surface area contributed by atoms with Gasteiger partial charge in [0.05, 0.1) is 0 Å². The highest BCUT2D eigenvalue weighted by atomic mass is 16.2. The summed E-state index contributed by atoms with van der Waals surface area (Å²) in [5.74, 6) is -0.954. The molecule has 1 atom stereocenters. The van der Waals surface area contributed by atoms with Gasteiger partial charge in [-0.15, -0.1) is 0 Å². The summed E-state index contributed by atoms with van der Waals surface area (Å²) >= 11 is 0. The number of nitrogens with zero attached hydrogens (tertiary/aromatic N) is 1. The van der Waals surface area contributed by atoms with Crippen molar-refractivity contribution in [3.05, 3.63) is 35.9 Å². The molecule has 1 unspecified atom stereocenters. The smallest absolute Gasteiger partial charge is 0.326 e. The molecule has 0 aromatic heterocycles. The van der Waals surface area contributed by atoms with Gasteiger partial charge in [-0.2, -0.15) is 0 Å². The Labute approximate surface area is 110 Å². The third-order valence-corrected chi connectivity index (χ3v) is 2.49. The zero-order valence-corrected chi connectivity index (χ0v) is 10.6. The van der Waals surface area contributed by atoms with Crippen molar-refractivity contribution in [3.8, 4) is 0 Å². The Morgan fingerprint density at radius 2 is 1.74 bits per heavy atom. The lowest BCUT2D eigenvalue weighted by Crippen LogP contribution is -2.47. The van der Waals surface area contributed by atoms with Crippen LogP contribution < -0.4 is 16.4 Å². The second-order valence-electron chi connectivity index (χ2n) is 3.77. The fraction of sp³-hybridized carbons (Fsp3) is 0.250. The molecular weight excluding hydrogens is 248 g/mol. The van der Waals surface area contributed by atoms with Crippen LogP contribution in [0.5, 0.6) is 0 Å². The largest absolute Gasteiger partial charge is 0.341 e. The second kappa shape index (κ2) is 6.39. The molecule has 0 saturated heterocycles. The van der Waals surface area contributed by atoms with Crippen molar-refractivity contribution in [2.75, 3.05) is 14.1 Å². The molecule has 5 amide bonds. The molecule has 101 valence electrons. The first-order valence-electron chi connectivity index (χ1n) is 5.53. The Bertz CT molecular complexity index is 475. The van der Waals surface area contributed by atoms with Gasteiger partial charge >= 0.3 is 12.1 Å². The van der Waals surface area contributed by atoms with E-state index in [1.165, 1.54) is 14.1 Å². The molecule has 1 aromatic rings. The molecule has 1 rings (SSSR count). The van der Waals surface area contributed by atoms with Crippen molar-refractivity contribution in [3.63, 3.8) is 0 Å². The Hall–Kier alpha value is -2.57. The van der Waals surface area contributed by atoms with Crippen LogP contribution in [-0.2, 0) is 4.79 Å². The number of benzene rings is 1. The summed E-state index contributed by atoms with van der Waals surface area (Å²) in [5, 5.41) is 4.62. The summed E-state index contributed by atoms with van der Waals surface area (Å²) in [4.78, 5) is 35.1. The number of urea groups is 2. The number of nitrogens with one attached hydrogen (secondary N) is 3. The average Bonchev–Trinajstić information content (AvgIpc) is 2.43. The van der Waals surface area contributed by atoms with Crippen LogP contribution in [0.1, 0.15) is 11.6 Å². The van der Waals surface area contributed by atoms with E-state index in [4.69, 9.17) is 5.73 Å². The highest BCUT2D eigenvalue weighted by Gasteiger charge is 2.24. The fourth-order valence-corrected chi connectivity index (χ4v) is 1.43. The number of hydrogen-bond donors (Lipinski definition) is 2. The van der Waals surface area contributed by atoms with E-state index in [0.717, 1.165) is 4.90 Å². The quantitative estimate of drug-likeness (QED) is 0.830. The third kappa shape index (κ3) is 3.70. The Morgan fingerprint density at radius 1 is 1.16 bits per heavy atom. The predicted molar refractivity (Wildman–Crippen MR) is 68.0 cm³/mol. The molecule has 1 radical (unpaired) electrons. The molecule has 3 N–H and O–H groups in total. The molecule has 0 bridgehead atoms. The van der Waals surface area contributed by atoms with Gasteiger partial charge in [0.1, 0.15) is 6.04 Å². The molecule has 1 aromatic carbocycles. The number of rotatable bonds is 3. The first-order valence-corrected chi connectivity index (χ1v) is 5.53. The lowest BCUT2D eigenvalue weighted by molar-refractivity contribution is -0.120. The van der Waals surface area contributed by atoms with Crippen molar-refractivity contribution in [1.29, 1.82) is 0 Å². The van der Waals surface area contributed by atoms with Crippen LogP contribution in [0.2, 0.25) is 0 Å². The molecule has 0 aliphatic carbocycles. The van der Waals surface area contributed by atoms with Gasteiger partial charge in [0.25, 0.3) is 5.91 Å². The number of imide groups is 1. The van der Waals surface area contributed by atoms with Crippen molar-refractivity contribution in [2.45, 2.75) is 6.04 Å². The summed E-state index contributed by atoms with van der Waals surface area (Å²) in [5.41, 5.74) is 7.67. The lowest BCUT2D eigenvalue weighted by Gasteiger charge is -2.20. The summed E-state index contributed by atoms with van der Waals surface area (Å²) in [6.07, 6.45) is 0. The highest BCUT2D eigenvalue weighted by Crippen LogP contribution is 2.12. The van der Waals surface area contributed by atoms with E-state index in [2.05, 4.69) is 10.6 Å². The molecule has 0 aliphatic heterocycles. The van der Waals surface area contributed by atoms with Gasteiger partial charge in [0, 0.05) is 14.1 Å². The van der Waals surface area contributed by atoms with Crippen LogP contribution in [0.3, 0.4) is 0 Å². The number of hydrogen-bond acceptors (Lipinski definition) is 3. The van der Waals surface area contributed by atoms with Gasteiger partial charge in [-0.05, 0) is 5.56 Å². The molecule has 7 heteroatoms. The van der Waals surface area contributed by atoms with Crippen LogP contribution in [0.4, 0.5) is 9.59 Å². The molecule has 7 nitrogen and oxygen atoms in total. The second-order valence-corrected chi connectivity index (χ2v) is 3.77. The van der Waals surface area contributed by atoms with E-state index in [0.29, 0.717) is 5.56 Å². The summed E-state index contributed by atoms with van der Waals surface area (Å²) in [6.45, 7) is 0. The topological polar surface area (TPSA) is 102 Å². The van der Waals surface area contributed by atoms with Gasteiger partial charge in [-0.1, -0.05) is 30.3 Å². The van der Waals surface area contributed by atoms with Crippen LogP contribution in [0, 0.1) is 0 Å². The monoisotopic (exact) mass is 263 g/mol. The maximum absolute atomic E-state index is 11.7. The number of carbonyl (C=O) groups excluding carboxylic acids is 3. The fourth-order valence-electron chi connectivity index (χ4n) is 1.43. The van der Waals surface area contributed by atoms with Crippen molar-refractivity contribution in [1.82, 2.24) is 21.3 Å². The summed E-state index contributed by atoms with van der Waals surface area (Å²) in [7, 11) is 2.65. The number of amides is 5. The first-order chi connectivity index (χ1) is 8.97. The van der Waals surface area contributed by atoms with Gasteiger partial charge in [-0.25, -0.2) is 14.5 Å².